The van der Waals surface area contributed by atoms with Gasteiger partial charge in [0.15, 0.2) is 0 Å². The van der Waals surface area contributed by atoms with E-state index in [9.17, 15) is 0 Å². The molecule has 1 unspecified atom stereocenters. The monoisotopic (exact) mass is 269 g/mol. The molecule has 1 aliphatic carbocycles. The minimum absolute atomic E-state index is 0.331. The number of aromatic nitrogens is 1. The molecule has 3 heteroatoms. The van der Waals surface area contributed by atoms with Crippen molar-refractivity contribution in [1.29, 1.82) is 0 Å². The molecule has 0 amide bonds. The fourth-order valence-corrected chi connectivity index (χ4v) is 3.27. The van der Waals surface area contributed by atoms with Gasteiger partial charge >= 0.3 is 0 Å². The average Bonchev–Trinajstić information content (AvgIpc) is 2.44. The van der Waals surface area contributed by atoms with Gasteiger partial charge in [0, 0.05) is 29.2 Å². The summed E-state index contributed by atoms with van der Waals surface area (Å²) in [6, 6.07) is 6.67. The van der Waals surface area contributed by atoms with Crippen LogP contribution in [0, 0.1) is 5.41 Å². The van der Waals surface area contributed by atoms with Crippen LogP contribution in [0.1, 0.15) is 39.5 Å². The van der Waals surface area contributed by atoms with E-state index in [0.29, 0.717) is 11.5 Å². The SMILES string of the molecule is CC1(C)CCCCC1Nc1ccc2cnccc2c1N. The van der Waals surface area contributed by atoms with Crippen molar-refractivity contribution in [3.8, 4) is 0 Å². The Balaban J connectivity index is 1.93. The number of hydrogen-bond donors (Lipinski definition) is 2. The van der Waals surface area contributed by atoms with Crippen LogP contribution in [0.15, 0.2) is 30.6 Å². The molecule has 106 valence electrons. The second-order valence-electron chi connectivity index (χ2n) is 6.55. The number of rotatable bonds is 2. The van der Waals surface area contributed by atoms with Crippen LogP contribution in [-0.4, -0.2) is 11.0 Å². The predicted octanol–water partition coefficient (Wildman–Crippen LogP) is 4.20. The lowest BCUT2D eigenvalue weighted by Crippen LogP contribution is -2.39. The third kappa shape index (κ3) is 2.33. The van der Waals surface area contributed by atoms with Gasteiger partial charge in [-0.2, -0.15) is 0 Å². The minimum atomic E-state index is 0.331. The second-order valence-corrected chi connectivity index (χ2v) is 6.55. The highest BCUT2D eigenvalue weighted by Crippen LogP contribution is 2.39. The molecule has 0 bridgehead atoms. The predicted molar refractivity (Wildman–Crippen MR) is 85.8 cm³/mol. The van der Waals surface area contributed by atoms with Crippen LogP contribution in [0.4, 0.5) is 11.4 Å². The van der Waals surface area contributed by atoms with Gasteiger partial charge in [-0.15, -0.1) is 0 Å². The second kappa shape index (κ2) is 4.97. The Hall–Kier alpha value is -1.77. The van der Waals surface area contributed by atoms with Gasteiger partial charge in [0.1, 0.15) is 0 Å². The van der Waals surface area contributed by atoms with E-state index in [2.05, 4.69) is 36.3 Å². The van der Waals surface area contributed by atoms with Crippen LogP contribution in [0.2, 0.25) is 0 Å². The van der Waals surface area contributed by atoms with E-state index in [0.717, 1.165) is 22.1 Å². The molecule has 3 N–H and O–H groups in total. The van der Waals surface area contributed by atoms with Gasteiger partial charge in [0.25, 0.3) is 0 Å². The molecule has 0 radical (unpaired) electrons. The first-order valence-electron chi connectivity index (χ1n) is 7.47. The fourth-order valence-electron chi connectivity index (χ4n) is 3.27. The number of anilines is 2. The third-order valence-electron chi connectivity index (χ3n) is 4.70. The molecule has 1 fully saturated rings. The van der Waals surface area contributed by atoms with Crippen LogP contribution in [0.5, 0.6) is 0 Å². The average molecular weight is 269 g/mol. The van der Waals surface area contributed by atoms with Gasteiger partial charge in [-0.05, 0) is 30.4 Å². The molecule has 1 aromatic carbocycles. The number of fused-ring (bicyclic) bond motifs is 1. The van der Waals surface area contributed by atoms with Gasteiger partial charge in [-0.1, -0.05) is 32.8 Å². The van der Waals surface area contributed by atoms with E-state index in [-0.39, 0.29) is 0 Å². The summed E-state index contributed by atoms with van der Waals surface area (Å²) < 4.78 is 0. The number of hydrogen-bond acceptors (Lipinski definition) is 3. The summed E-state index contributed by atoms with van der Waals surface area (Å²) in [6.07, 6.45) is 8.80. The molecule has 1 heterocycles. The van der Waals surface area contributed by atoms with Gasteiger partial charge in [-0.25, -0.2) is 0 Å². The van der Waals surface area contributed by atoms with E-state index in [1.807, 2.05) is 12.3 Å². The van der Waals surface area contributed by atoms with Crippen molar-refractivity contribution in [1.82, 2.24) is 4.98 Å². The smallest absolute Gasteiger partial charge is 0.0630 e. The molecule has 20 heavy (non-hydrogen) atoms. The van der Waals surface area contributed by atoms with Crippen molar-refractivity contribution >= 4 is 22.1 Å². The Kier molecular flexibility index (Phi) is 3.28. The molecule has 0 aliphatic heterocycles. The summed E-state index contributed by atoms with van der Waals surface area (Å²) in [4.78, 5) is 4.15. The van der Waals surface area contributed by atoms with Crippen molar-refractivity contribution < 1.29 is 0 Å². The van der Waals surface area contributed by atoms with Crippen LogP contribution >= 0.6 is 0 Å². The molecule has 1 aliphatic rings. The van der Waals surface area contributed by atoms with Crippen molar-refractivity contribution in [3.05, 3.63) is 30.6 Å². The molecule has 1 saturated carbocycles. The summed E-state index contributed by atoms with van der Waals surface area (Å²) in [6.45, 7) is 4.70. The minimum Gasteiger partial charge on any atom is -0.397 e. The number of nitrogens with zero attached hydrogens (tertiary/aromatic N) is 1. The van der Waals surface area contributed by atoms with Crippen molar-refractivity contribution in [2.45, 2.75) is 45.6 Å². The van der Waals surface area contributed by atoms with Crippen LogP contribution in [0.25, 0.3) is 10.8 Å². The zero-order valence-electron chi connectivity index (χ0n) is 12.3. The Morgan fingerprint density at radius 1 is 1.25 bits per heavy atom. The number of nitrogen functional groups attached to an aromatic ring is 1. The Labute approximate surface area is 120 Å². The van der Waals surface area contributed by atoms with Gasteiger partial charge in [0.2, 0.25) is 0 Å². The summed E-state index contributed by atoms with van der Waals surface area (Å²) in [5.74, 6) is 0. The molecular weight excluding hydrogens is 246 g/mol. The first-order valence-corrected chi connectivity index (χ1v) is 7.47. The van der Waals surface area contributed by atoms with Gasteiger partial charge in [0.05, 0.1) is 11.4 Å². The standard InChI is InChI=1S/C17H23N3/c1-17(2)9-4-3-5-15(17)20-14-7-6-12-11-19-10-8-13(12)16(14)18/h6-8,10-11,15,20H,3-5,9,18H2,1-2H3. The summed E-state index contributed by atoms with van der Waals surface area (Å²) >= 11 is 0. The van der Waals surface area contributed by atoms with E-state index < -0.39 is 0 Å². The Morgan fingerprint density at radius 2 is 2.10 bits per heavy atom. The first kappa shape index (κ1) is 13.2. The van der Waals surface area contributed by atoms with Gasteiger partial charge in [-0.3, -0.25) is 4.98 Å². The molecule has 0 spiro atoms. The molecule has 3 rings (SSSR count). The lowest BCUT2D eigenvalue weighted by atomic mass is 9.73. The van der Waals surface area contributed by atoms with E-state index in [1.54, 1.807) is 6.20 Å². The molecule has 0 saturated heterocycles. The molecular formula is C17H23N3. The zero-order chi connectivity index (χ0) is 14.2. The highest BCUT2D eigenvalue weighted by atomic mass is 15.0. The summed E-state index contributed by atoms with van der Waals surface area (Å²) in [5.41, 5.74) is 8.56. The normalized spacial score (nSPS) is 21.8. The lowest BCUT2D eigenvalue weighted by Gasteiger charge is -2.40. The molecule has 1 aromatic heterocycles. The van der Waals surface area contributed by atoms with E-state index >= 15 is 0 Å². The van der Waals surface area contributed by atoms with Crippen molar-refractivity contribution in [2.24, 2.45) is 5.41 Å². The molecule has 3 nitrogen and oxygen atoms in total. The lowest BCUT2D eigenvalue weighted by molar-refractivity contribution is 0.217. The first-order chi connectivity index (χ1) is 9.58. The third-order valence-corrected chi connectivity index (χ3v) is 4.70. The summed E-state index contributed by atoms with van der Waals surface area (Å²) in [7, 11) is 0. The highest BCUT2D eigenvalue weighted by molar-refractivity contribution is 5.98. The maximum absolute atomic E-state index is 6.33. The molecule has 1 atom stereocenters. The summed E-state index contributed by atoms with van der Waals surface area (Å²) in [5, 5.41) is 5.86. The molecule has 2 aromatic rings. The van der Waals surface area contributed by atoms with E-state index in [1.165, 1.54) is 25.7 Å². The fraction of sp³-hybridized carbons (Fsp3) is 0.471. The van der Waals surface area contributed by atoms with Crippen LogP contribution < -0.4 is 11.1 Å². The number of nitrogens with one attached hydrogen (secondary N) is 1. The Bertz CT molecular complexity index is 619. The van der Waals surface area contributed by atoms with Crippen molar-refractivity contribution in [3.63, 3.8) is 0 Å². The quantitative estimate of drug-likeness (QED) is 0.803. The largest absolute Gasteiger partial charge is 0.397 e. The van der Waals surface area contributed by atoms with Crippen LogP contribution in [-0.2, 0) is 0 Å². The van der Waals surface area contributed by atoms with Crippen molar-refractivity contribution in [2.75, 3.05) is 11.1 Å². The number of nitrogens with two attached hydrogens (primary N) is 1. The number of benzene rings is 1. The van der Waals surface area contributed by atoms with Crippen LogP contribution in [0.3, 0.4) is 0 Å². The maximum atomic E-state index is 6.33. The Morgan fingerprint density at radius 3 is 2.90 bits per heavy atom. The van der Waals surface area contributed by atoms with Gasteiger partial charge < -0.3 is 11.1 Å². The highest BCUT2D eigenvalue weighted by Gasteiger charge is 2.32. The zero-order valence-corrected chi connectivity index (χ0v) is 12.3. The number of pyridine rings is 1. The maximum Gasteiger partial charge on any atom is 0.0630 e. The van der Waals surface area contributed by atoms with E-state index in [4.69, 9.17) is 5.73 Å². The topological polar surface area (TPSA) is 50.9 Å².